The molecule has 1 fully saturated rings. The largest absolute Gasteiger partial charge is 0.393 e. The van der Waals surface area contributed by atoms with E-state index in [0.717, 1.165) is 18.8 Å². The van der Waals surface area contributed by atoms with Crippen LogP contribution in [-0.4, -0.2) is 11.2 Å². The van der Waals surface area contributed by atoms with E-state index in [2.05, 4.69) is 13.8 Å². The lowest BCUT2D eigenvalue weighted by Crippen LogP contribution is -2.10. The van der Waals surface area contributed by atoms with Crippen molar-refractivity contribution in [3.63, 3.8) is 0 Å². The quantitative estimate of drug-likeness (QED) is 0.571. The first-order valence-electron chi connectivity index (χ1n) is 3.92. The van der Waals surface area contributed by atoms with Crippen molar-refractivity contribution in [2.24, 2.45) is 11.8 Å². The molecular weight excluding hydrogens is 112 g/mol. The third-order valence-electron chi connectivity index (χ3n) is 2.42. The van der Waals surface area contributed by atoms with Gasteiger partial charge in [-0.1, -0.05) is 20.3 Å². The van der Waals surface area contributed by atoms with E-state index in [1.807, 2.05) is 0 Å². The second-order valence-electron chi connectivity index (χ2n) is 3.31. The highest BCUT2D eigenvalue weighted by atomic mass is 16.3. The zero-order valence-electron chi connectivity index (χ0n) is 6.30. The summed E-state index contributed by atoms with van der Waals surface area (Å²) in [6.07, 6.45) is 3.41. The van der Waals surface area contributed by atoms with Crippen LogP contribution in [-0.2, 0) is 0 Å². The van der Waals surface area contributed by atoms with Crippen LogP contribution >= 0.6 is 0 Å². The van der Waals surface area contributed by atoms with Gasteiger partial charge in [-0.05, 0) is 24.7 Å². The minimum absolute atomic E-state index is 0.00463. The number of hydrogen-bond acceptors (Lipinski definition) is 1. The zero-order valence-corrected chi connectivity index (χ0v) is 6.30. The Labute approximate surface area is 57.1 Å². The summed E-state index contributed by atoms with van der Waals surface area (Å²) in [6, 6.07) is 0. The molecule has 1 rings (SSSR count). The van der Waals surface area contributed by atoms with E-state index < -0.39 is 0 Å². The Morgan fingerprint density at radius 3 is 2.33 bits per heavy atom. The zero-order chi connectivity index (χ0) is 6.85. The van der Waals surface area contributed by atoms with Gasteiger partial charge >= 0.3 is 0 Å². The highest BCUT2D eigenvalue weighted by molar-refractivity contribution is 4.79. The maximum Gasteiger partial charge on any atom is 0.0570 e. The van der Waals surface area contributed by atoms with Gasteiger partial charge in [-0.2, -0.15) is 0 Å². The maximum atomic E-state index is 9.36. The molecule has 0 spiro atoms. The van der Waals surface area contributed by atoms with Gasteiger partial charge < -0.3 is 5.11 Å². The molecule has 54 valence electrons. The molecule has 3 atom stereocenters. The van der Waals surface area contributed by atoms with Crippen molar-refractivity contribution in [1.82, 2.24) is 0 Å². The molecule has 0 bridgehead atoms. The fourth-order valence-corrected chi connectivity index (χ4v) is 1.81. The van der Waals surface area contributed by atoms with Crippen molar-refractivity contribution in [2.45, 2.75) is 39.2 Å². The first-order chi connectivity index (χ1) is 4.24. The van der Waals surface area contributed by atoms with Gasteiger partial charge in [0.25, 0.3) is 0 Å². The van der Waals surface area contributed by atoms with Crippen LogP contribution in [0, 0.1) is 11.8 Å². The van der Waals surface area contributed by atoms with E-state index >= 15 is 0 Å². The van der Waals surface area contributed by atoms with E-state index in [0.29, 0.717) is 5.92 Å². The third-order valence-corrected chi connectivity index (χ3v) is 2.42. The Morgan fingerprint density at radius 1 is 1.44 bits per heavy atom. The molecule has 1 N–H and O–H groups in total. The normalized spacial score (nSPS) is 43.7. The molecule has 1 saturated carbocycles. The lowest BCUT2D eigenvalue weighted by Gasteiger charge is -2.09. The van der Waals surface area contributed by atoms with Crippen molar-refractivity contribution in [3.8, 4) is 0 Å². The molecule has 1 heteroatoms. The Hall–Kier alpha value is -0.0400. The molecule has 1 aliphatic rings. The van der Waals surface area contributed by atoms with E-state index in [-0.39, 0.29) is 6.10 Å². The summed E-state index contributed by atoms with van der Waals surface area (Å²) in [5.74, 6) is 1.35. The van der Waals surface area contributed by atoms with E-state index in [1.54, 1.807) is 0 Å². The molecule has 0 aromatic rings. The predicted octanol–water partition coefficient (Wildman–Crippen LogP) is 1.80. The SMILES string of the molecule is CC[C@@H]1C[C@@H](C)C[C@@H]1O. The summed E-state index contributed by atoms with van der Waals surface area (Å²) in [6.45, 7) is 4.38. The van der Waals surface area contributed by atoms with Crippen LogP contribution in [0.4, 0.5) is 0 Å². The smallest absolute Gasteiger partial charge is 0.0570 e. The number of rotatable bonds is 1. The fraction of sp³-hybridized carbons (Fsp3) is 1.00. The van der Waals surface area contributed by atoms with Gasteiger partial charge in [-0.15, -0.1) is 0 Å². The number of aliphatic hydroxyl groups is 1. The molecule has 0 saturated heterocycles. The first-order valence-corrected chi connectivity index (χ1v) is 3.92. The van der Waals surface area contributed by atoms with E-state index in [1.165, 1.54) is 6.42 Å². The van der Waals surface area contributed by atoms with Crippen LogP contribution in [0.15, 0.2) is 0 Å². The molecule has 0 radical (unpaired) electrons. The van der Waals surface area contributed by atoms with Crippen LogP contribution in [0.25, 0.3) is 0 Å². The highest BCUT2D eigenvalue weighted by Crippen LogP contribution is 2.32. The van der Waals surface area contributed by atoms with Gasteiger partial charge in [0.1, 0.15) is 0 Å². The number of hydrogen-bond donors (Lipinski definition) is 1. The Kier molecular flexibility index (Phi) is 2.12. The predicted molar refractivity (Wildman–Crippen MR) is 38.2 cm³/mol. The van der Waals surface area contributed by atoms with Crippen LogP contribution in [0.2, 0.25) is 0 Å². The second-order valence-corrected chi connectivity index (χ2v) is 3.31. The monoisotopic (exact) mass is 128 g/mol. The molecule has 0 aromatic heterocycles. The van der Waals surface area contributed by atoms with Crippen molar-refractivity contribution in [1.29, 1.82) is 0 Å². The van der Waals surface area contributed by atoms with Crippen molar-refractivity contribution >= 4 is 0 Å². The third kappa shape index (κ3) is 1.45. The maximum absolute atomic E-state index is 9.36. The van der Waals surface area contributed by atoms with Crippen LogP contribution < -0.4 is 0 Å². The van der Waals surface area contributed by atoms with Crippen LogP contribution in [0.5, 0.6) is 0 Å². The highest BCUT2D eigenvalue weighted by Gasteiger charge is 2.28. The molecule has 0 aliphatic heterocycles. The Balaban J connectivity index is 2.38. The summed E-state index contributed by atoms with van der Waals surface area (Å²) in [7, 11) is 0. The number of aliphatic hydroxyl groups excluding tert-OH is 1. The lowest BCUT2D eigenvalue weighted by atomic mass is 10.0. The Morgan fingerprint density at radius 2 is 2.11 bits per heavy atom. The van der Waals surface area contributed by atoms with Crippen molar-refractivity contribution in [3.05, 3.63) is 0 Å². The van der Waals surface area contributed by atoms with Gasteiger partial charge in [0.2, 0.25) is 0 Å². The van der Waals surface area contributed by atoms with Gasteiger partial charge in [0.05, 0.1) is 6.10 Å². The summed E-state index contributed by atoms with van der Waals surface area (Å²) >= 11 is 0. The Bertz CT molecular complexity index is 90.6. The average Bonchev–Trinajstić information content (AvgIpc) is 2.10. The molecule has 0 aromatic carbocycles. The molecule has 1 nitrogen and oxygen atoms in total. The van der Waals surface area contributed by atoms with Gasteiger partial charge in [0.15, 0.2) is 0 Å². The minimum Gasteiger partial charge on any atom is -0.393 e. The summed E-state index contributed by atoms with van der Waals surface area (Å²) in [4.78, 5) is 0. The van der Waals surface area contributed by atoms with E-state index in [4.69, 9.17) is 0 Å². The lowest BCUT2D eigenvalue weighted by molar-refractivity contribution is 0.129. The van der Waals surface area contributed by atoms with Gasteiger partial charge in [-0.25, -0.2) is 0 Å². The van der Waals surface area contributed by atoms with Crippen LogP contribution in [0.1, 0.15) is 33.1 Å². The standard InChI is InChI=1S/C8H16O/c1-3-7-4-6(2)5-8(7)9/h6-9H,3-5H2,1-2H3/t6-,7-,8+/m1/s1. The molecule has 0 heterocycles. The first kappa shape index (κ1) is 7.07. The molecule has 1 aliphatic carbocycles. The summed E-state index contributed by atoms with van der Waals surface area (Å²) < 4.78 is 0. The molecule has 0 unspecified atom stereocenters. The minimum atomic E-state index is 0.00463. The van der Waals surface area contributed by atoms with E-state index in [9.17, 15) is 5.11 Å². The fourth-order valence-electron chi connectivity index (χ4n) is 1.81. The second kappa shape index (κ2) is 2.70. The topological polar surface area (TPSA) is 20.2 Å². The van der Waals surface area contributed by atoms with Crippen LogP contribution in [0.3, 0.4) is 0 Å². The summed E-state index contributed by atoms with van der Waals surface area (Å²) in [5.41, 5.74) is 0. The summed E-state index contributed by atoms with van der Waals surface area (Å²) in [5, 5.41) is 9.36. The molecular formula is C8H16O. The van der Waals surface area contributed by atoms with Crippen molar-refractivity contribution < 1.29 is 5.11 Å². The average molecular weight is 128 g/mol. The van der Waals surface area contributed by atoms with Gasteiger partial charge in [-0.3, -0.25) is 0 Å². The molecule has 0 amide bonds. The van der Waals surface area contributed by atoms with Crippen molar-refractivity contribution in [2.75, 3.05) is 0 Å². The van der Waals surface area contributed by atoms with Gasteiger partial charge in [0, 0.05) is 0 Å². The molecule has 9 heavy (non-hydrogen) atoms.